The molecule has 0 spiro atoms. The fourth-order valence-corrected chi connectivity index (χ4v) is 9.22. The number of aromatic nitrogens is 4. The SMILES string of the molecule is c1ccc(-c2nc(-c3cccc(-c4ccc5oc6ccc7cc8c9cccc%10c%11ccccc%11n(c8cc7c6c5c4)c%109)c3)nc(-c3ccc4ccccc4c3)n2)cc1. The van der Waals surface area contributed by atoms with E-state index in [1.165, 1.54) is 54.3 Å². The zero-order valence-electron chi connectivity index (χ0n) is 31.0. The number of rotatable bonds is 4. The van der Waals surface area contributed by atoms with E-state index in [1.54, 1.807) is 0 Å². The maximum atomic E-state index is 6.54. The third kappa shape index (κ3) is 4.55. The third-order valence-electron chi connectivity index (χ3n) is 11.9. The van der Waals surface area contributed by atoms with Gasteiger partial charge < -0.3 is 8.82 Å². The minimum absolute atomic E-state index is 0.626. The molecule has 0 fully saturated rings. The summed E-state index contributed by atoms with van der Waals surface area (Å²) in [7, 11) is 0. The number of nitrogens with zero attached hydrogens (tertiary/aromatic N) is 4. The fraction of sp³-hybridized carbons (Fsp3) is 0. The largest absolute Gasteiger partial charge is 0.456 e. The van der Waals surface area contributed by atoms with Crippen LogP contribution in [0.4, 0.5) is 0 Å². The van der Waals surface area contributed by atoms with Crippen molar-refractivity contribution in [2.45, 2.75) is 0 Å². The Kier molecular flexibility index (Phi) is 6.38. The first-order valence-electron chi connectivity index (χ1n) is 19.6. The van der Waals surface area contributed by atoms with Crippen molar-refractivity contribution in [3.8, 4) is 45.3 Å². The van der Waals surface area contributed by atoms with Gasteiger partial charge >= 0.3 is 0 Å². The van der Waals surface area contributed by atoms with Crippen LogP contribution in [0, 0.1) is 0 Å². The Labute approximate surface area is 331 Å². The van der Waals surface area contributed by atoms with E-state index in [0.717, 1.165) is 55.1 Å². The summed E-state index contributed by atoms with van der Waals surface area (Å²) in [6, 6.07) is 64.3. The summed E-state index contributed by atoms with van der Waals surface area (Å²) in [6.07, 6.45) is 0. The maximum Gasteiger partial charge on any atom is 0.164 e. The van der Waals surface area contributed by atoms with Crippen LogP contribution < -0.4 is 0 Å². The summed E-state index contributed by atoms with van der Waals surface area (Å²) in [5.41, 5.74) is 10.4. The van der Waals surface area contributed by atoms with Gasteiger partial charge in [-0.2, -0.15) is 0 Å². The van der Waals surface area contributed by atoms with Crippen LogP contribution in [-0.4, -0.2) is 19.4 Å². The second-order valence-corrected chi connectivity index (χ2v) is 15.2. The van der Waals surface area contributed by atoms with Crippen LogP contribution >= 0.6 is 0 Å². The molecular formula is C53H30N4O. The van der Waals surface area contributed by atoms with Crippen LogP contribution in [-0.2, 0) is 0 Å². The van der Waals surface area contributed by atoms with Crippen molar-refractivity contribution in [3.63, 3.8) is 0 Å². The molecule has 4 aromatic heterocycles. The van der Waals surface area contributed by atoms with E-state index < -0.39 is 0 Å². The van der Waals surface area contributed by atoms with E-state index in [0.29, 0.717) is 17.5 Å². The predicted octanol–water partition coefficient (Wildman–Crippen LogP) is 13.9. The summed E-state index contributed by atoms with van der Waals surface area (Å²) in [5, 5.41) is 12.0. The second-order valence-electron chi connectivity index (χ2n) is 15.2. The van der Waals surface area contributed by atoms with Gasteiger partial charge in [0.05, 0.1) is 16.6 Å². The van der Waals surface area contributed by atoms with Gasteiger partial charge in [0.15, 0.2) is 17.5 Å². The Morgan fingerprint density at radius 3 is 1.83 bits per heavy atom. The van der Waals surface area contributed by atoms with Crippen LogP contribution in [0.3, 0.4) is 0 Å². The molecule has 0 aliphatic rings. The Bertz CT molecular complexity index is 3800. The first-order valence-corrected chi connectivity index (χ1v) is 19.6. The summed E-state index contributed by atoms with van der Waals surface area (Å²) in [6.45, 7) is 0. The molecule has 0 aliphatic heterocycles. The molecule has 5 heteroatoms. The zero-order valence-corrected chi connectivity index (χ0v) is 31.0. The van der Waals surface area contributed by atoms with Crippen molar-refractivity contribution in [1.82, 2.24) is 19.4 Å². The van der Waals surface area contributed by atoms with Crippen molar-refractivity contribution in [2.75, 3.05) is 0 Å². The van der Waals surface area contributed by atoms with Crippen molar-refractivity contribution >= 4 is 81.6 Å². The molecule has 0 saturated carbocycles. The first kappa shape index (κ1) is 31.3. The zero-order chi connectivity index (χ0) is 37.9. The summed E-state index contributed by atoms with van der Waals surface area (Å²) >= 11 is 0. The second kappa shape index (κ2) is 11.8. The fourth-order valence-electron chi connectivity index (χ4n) is 9.22. The van der Waals surface area contributed by atoms with Gasteiger partial charge in [0.25, 0.3) is 0 Å². The normalized spacial score (nSPS) is 12.1. The van der Waals surface area contributed by atoms with Crippen LogP contribution in [0.25, 0.3) is 127 Å². The van der Waals surface area contributed by atoms with Gasteiger partial charge in [-0.15, -0.1) is 0 Å². The highest BCUT2D eigenvalue weighted by atomic mass is 16.3. The minimum Gasteiger partial charge on any atom is -0.456 e. The third-order valence-corrected chi connectivity index (χ3v) is 11.9. The summed E-state index contributed by atoms with van der Waals surface area (Å²) in [5.74, 6) is 1.91. The van der Waals surface area contributed by atoms with Gasteiger partial charge in [-0.05, 0) is 81.2 Å². The number of furan rings is 1. The summed E-state index contributed by atoms with van der Waals surface area (Å²) in [4.78, 5) is 15.1. The standard InChI is InChI=1S/C53H30N4O/c1-2-11-32(12-3-1)51-54-52(56-53(55-51)38-21-20-31-10-4-5-13-33(31)26-38)37-15-8-14-34(27-37)35-22-24-47-44(28-35)49-42-30-46-43(29-36(42)23-25-48(49)58-47)41-18-9-17-40-39-16-6-7-19-45(39)57(46)50(40)41/h1-30H. The van der Waals surface area contributed by atoms with E-state index in [1.807, 2.05) is 30.3 Å². The molecule has 4 heterocycles. The number of para-hydroxylation sites is 2. The molecule has 9 aromatic carbocycles. The van der Waals surface area contributed by atoms with Gasteiger partial charge in [0.2, 0.25) is 0 Å². The van der Waals surface area contributed by atoms with Crippen molar-refractivity contribution < 1.29 is 4.42 Å². The molecule has 0 aliphatic carbocycles. The Morgan fingerprint density at radius 1 is 0.328 bits per heavy atom. The smallest absolute Gasteiger partial charge is 0.164 e. The molecule has 13 aromatic rings. The quantitative estimate of drug-likeness (QED) is 0.180. The topological polar surface area (TPSA) is 56.2 Å². The molecule has 0 saturated heterocycles. The van der Waals surface area contributed by atoms with Gasteiger partial charge in [0, 0.05) is 49.0 Å². The van der Waals surface area contributed by atoms with Crippen LogP contribution in [0.1, 0.15) is 0 Å². The lowest BCUT2D eigenvalue weighted by Crippen LogP contribution is -2.00. The molecule has 0 N–H and O–H groups in total. The predicted molar refractivity (Wildman–Crippen MR) is 239 cm³/mol. The monoisotopic (exact) mass is 738 g/mol. The molecule has 58 heavy (non-hydrogen) atoms. The molecule has 268 valence electrons. The van der Waals surface area contributed by atoms with Crippen LogP contribution in [0.5, 0.6) is 0 Å². The van der Waals surface area contributed by atoms with E-state index >= 15 is 0 Å². The highest BCUT2D eigenvalue weighted by Gasteiger charge is 2.20. The van der Waals surface area contributed by atoms with Gasteiger partial charge in [0.1, 0.15) is 11.2 Å². The molecule has 0 amide bonds. The number of hydrogen-bond donors (Lipinski definition) is 0. The van der Waals surface area contributed by atoms with Crippen molar-refractivity contribution in [3.05, 3.63) is 182 Å². The van der Waals surface area contributed by atoms with Crippen LogP contribution in [0.2, 0.25) is 0 Å². The Hall–Kier alpha value is -7.89. The lowest BCUT2D eigenvalue weighted by Gasteiger charge is -2.10. The first-order chi connectivity index (χ1) is 28.7. The highest BCUT2D eigenvalue weighted by Crippen LogP contribution is 2.43. The summed E-state index contributed by atoms with van der Waals surface area (Å²) < 4.78 is 8.99. The minimum atomic E-state index is 0.626. The van der Waals surface area contributed by atoms with Crippen molar-refractivity contribution in [2.24, 2.45) is 0 Å². The van der Waals surface area contributed by atoms with Crippen LogP contribution in [0.15, 0.2) is 186 Å². The maximum absolute atomic E-state index is 6.54. The number of benzene rings is 9. The van der Waals surface area contributed by atoms with Gasteiger partial charge in [-0.25, -0.2) is 15.0 Å². The van der Waals surface area contributed by atoms with Gasteiger partial charge in [-0.3, -0.25) is 0 Å². The Morgan fingerprint density at radius 2 is 0.948 bits per heavy atom. The van der Waals surface area contributed by atoms with E-state index in [-0.39, 0.29) is 0 Å². The molecule has 0 radical (unpaired) electrons. The number of fused-ring (bicyclic) bond motifs is 12. The lowest BCUT2D eigenvalue weighted by atomic mass is 9.98. The average Bonchev–Trinajstić information content (AvgIpc) is 3.95. The molecular weight excluding hydrogens is 709 g/mol. The molecule has 5 nitrogen and oxygen atoms in total. The van der Waals surface area contributed by atoms with Crippen molar-refractivity contribution in [1.29, 1.82) is 0 Å². The van der Waals surface area contributed by atoms with E-state index in [4.69, 9.17) is 19.4 Å². The van der Waals surface area contributed by atoms with Gasteiger partial charge in [-0.1, -0.05) is 133 Å². The van der Waals surface area contributed by atoms with E-state index in [9.17, 15) is 0 Å². The molecule has 0 atom stereocenters. The number of hydrogen-bond acceptors (Lipinski definition) is 4. The molecule has 13 rings (SSSR count). The van der Waals surface area contributed by atoms with E-state index in [2.05, 4.69) is 156 Å². The molecule has 0 bridgehead atoms. The highest BCUT2D eigenvalue weighted by molar-refractivity contribution is 6.27. The average molecular weight is 739 g/mol. The molecule has 0 unspecified atom stereocenters. The lowest BCUT2D eigenvalue weighted by molar-refractivity contribution is 0.669. The Balaban J connectivity index is 0.980.